The molecule has 1 aliphatic heterocycles. The fourth-order valence-electron chi connectivity index (χ4n) is 1.98. The minimum absolute atomic E-state index is 0.00394. The van der Waals surface area contributed by atoms with Crippen molar-refractivity contribution in [3.8, 4) is 0 Å². The second-order valence-corrected chi connectivity index (χ2v) is 4.01. The minimum Gasteiger partial charge on any atom is -0.320 e. The zero-order valence-electron chi connectivity index (χ0n) is 9.10. The lowest BCUT2D eigenvalue weighted by Gasteiger charge is -2.29. The minimum atomic E-state index is -0.353. The van der Waals surface area contributed by atoms with E-state index in [9.17, 15) is 4.79 Å². The van der Waals surface area contributed by atoms with Gasteiger partial charge in [0.25, 0.3) is 0 Å². The summed E-state index contributed by atoms with van der Waals surface area (Å²) in [5, 5.41) is 4.23. The third kappa shape index (κ3) is 1.74. The summed E-state index contributed by atoms with van der Waals surface area (Å²) < 4.78 is 1.73. The van der Waals surface area contributed by atoms with Gasteiger partial charge in [-0.2, -0.15) is 5.10 Å². The van der Waals surface area contributed by atoms with Crippen molar-refractivity contribution in [2.45, 2.75) is 25.8 Å². The number of piperidine rings is 1. The topological polar surface area (TPSA) is 64.2 Å². The molecule has 1 unspecified atom stereocenters. The maximum atomic E-state index is 11.8. The van der Waals surface area contributed by atoms with Gasteiger partial charge in [-0.05, 0) is 19.8 Å². The van der Waals surface area contributed by atoms with Crippen LogP contribution in [-0.2, 0) is 11.8 Å². The van der Waals surface area contributed by atoms with E-state index in [0.717, 1.165) is 30.9 Å². The van der Waals surface area contributed by atoms with Gasteiger partial charge in [-0.25, -0.2) is 0 Å². The van der Waals surface area contributed by atoms with E-state index in [1.807, 2.05) is 20.0 Å². The van der Waals surface area contributed by atoms with Gasteiger partial charge in [0.15, 0.2) is 0 Å². The van der Waals surface area contributed by atoms with Crippen molar-refractivity contribution >= 4 is 11.7 Å². The second-order valence-electron chi connectivity index (χ2n) is 4.01. The van der Waals surface area contributed by atoms with Gasteiger partial charge in [-0.15, -0.1) is 0 Å². The maximum absolute atomic E-state index is 11.8. The average molecular weight is 208 g/mol. The zero-order chi connectivity index (χ0) is 11.0. The van der Waals surface area contributed by atoms with Gasteiger partial charge in [-0.3, -0.25) is 14.4 Å². The molecule has 1 aromatic rings. The standard InChI is InChI=1S/C10H16N4O/c1-7-6-9(13(2)12-7)14-5-3-4-8(11)10(14)15/h6,8H,3-5,11H2,1-2H3. The first-order chi connectivity index (χ1) is 7.09. The van der Waals surface area contributed by atoms with Gasteiger partial charge < -0.3 is 5.73 Å². The molecule has 0 radical (unpaired) electrons. The molecule has 5 heteroatoms. The summed E-state index contributed by atoms with van der Waals surface area (Å²) in [6, 6.07) is 1.56. The van der Waals surface area contributed by atoms with E-state index in [1.165, 1.54) is 0 Å². The molecule has 1 aliphatic rings. The summed E-state index contributed by atoms with van der Waals surface area (Å²) in [5.74, 6) is 0.844. The summed E-state index contributed by atoms with van der Waals surface area (Å²) in [6.45, 7) is 2.66. The van der Waals surface area contributed by atoms with Crippen molar-refractivity contribution in [1.82, 2.24) is 9.78 Å². The van der Waals surface area contributed by atoms with Gasteiger partial charge in [0.2, 0.25) is 5.91 Å². The van der Waals surface area contributed by atoms with Crippen LogP contribution in [-0.4, -0.2) is 28.3 Å². The summed E-state index contributed by atoms with van der Waals surface area (Å²) in [4.78, 5) is 13.6. The van der Waals surface area contributed by atoms with E-state index < -0.39 is 0 Å². The number of rotatable bonds is 1. The van der Waals surface area contributed by atoms with Gasteiger partial charge in [0, 0.05) is 19.7 Å². The number of aromatic nitrogens is 2. The number of hydrogen-bond acceptors (Lipinski definition) is 3. The molecule has 1 aromatic heterocycles. The summed E-state index contributed by atoms with van der Waals surface area (Å²) >= 11 is 0. The Labute approximate surface area is 88.8 Å². The molecule has 2 N–H and O–H groups in total. The van der Waals surface area contributed by atoms with Crippen LogP contribution in [0.1, 0.15) is 18.5 Å². The van der Waals surface area contributed by atoms with Crippen LogP contribution < -0.4 is 10.6 Å². The molecule has 0 aromatic carbocycles. The molecule has 2 rings (SSSR count). The van der Waals surface area contributed by atoms with Gasteiger partial charge in [0.1, 0.15) is 5.82 Å². The highest BCUT2D eigenvalue weighted by molar-refractivity contribution is 5.97. The summed E-state index contributed by atoms with van der Waals surface area (Å²) in [7, 11) is 1.84. The average Bonchev–Trinajstić information content (AvgIpc) is 2.50. The Morgan fingerprint density at radius 2 is 2.33 bits per heavy atom. The van der Waals surface area contributed by atoms with Crippen LogP contribution in [0.15, 0.2) is 6.07 Å². The monoisotopic (exact) mass is 208 g/mol. The third-order valence-corrected chi connectivity index (χ3v) is 2.73. The highest BCUT2D eigenvalue weighted by Gasteiger charge is 2.28. The molecule has 0 spiro atoms. The quantitative estimate of drug-likeness (QED) is 0.716. The number of nitrogens with zero attached hydrogens (tertiary/aromatic N) is 3. The fourth-order valence-corrected chi connectivity index (χ4v) is 1.98. The smallest absolute Gasteiger partial charge is 0.245 e. The van der Waals surface area contributed by atoms with Crippen molar-refractivity contribution in [1.29, 1.82) is 0 Å². The molecular formula is C10H16N4O. The highest BCUT2D eigenvalue weighted by Crippen LogP contribution is 2.20. The molecule has 82 valence electrons. The van der Waals surface area contributed by atoms with Crippen molar-refractivity contribution < 1.29 is 4.79 Å². The zero-order valence-corrected chi connectivity index (χ0v) is 9.10. The van der Waals surface area contributed by atoms with Gasteiger partial charge in [-0.1, -0.05) is 0 Å². The molecule has 5 nitrogen and oxygen atoms in total. The molecule has 15 heavy (non-hydrogen) atoms. The Bertz CT molecular complexity index is 385. The Balaban J connectivity index is 2.30. The van der Waals surface area contributed by atoms with E-state index >= 15 is 0 Å². The lowest BCUT2D eigenvalue weighted by atomic mass is 10.1. The van der Waals surface area contributed by atoms with Crippen molar-refractivity contribution in [3.05, 3.63) is 11.8 Å². The van der Waals surface area contributed by atoms with Crippen molar-refractivity contribution in [2.75, 3.05) is 11.4 Å². The number of hydrogen-bond donors (Lipinski definition) is 1. The lowest BCUT2D eigenvalue weighted by molar-refractivity contribution is -0.120. The molecule has 2 heterocycles. The van der Waals surface area contributed by atoms with Crippen molar-refractivity contribution in [3.63, 3.8) is 0 Å². The highest BCUT2D eigenvalue weighted by atomic mass is 16.2. The molecular weight excluding hydrogens is 192 g/mol. The molecule has 0 aliphatic carbocycles. The number of carbonyl (C=O) groups is 1. The van der Waals surface area contributed by atoms with E-state index in [-0.39, 0.29) is 11.9 Å². The molecule has 1 atom stereocenters. The van der Waals surface area contributed by atoms with Crippen LogP contribution in [0.4, 0.5) is 5.82 Å². The molecule has 1 amide bonds. The number of carbonyl (C=O) groups excluding carboxylic acids is 1. The number of nitrogens with two attached hydrogens (primary N) is 1. The molecule has 0 saturated carbocycles. The van der Waals surface area contributed by atoms with Crippen LogP contribution >= 0.6 is 0 Å². The largest absolute Gasteiger partial charge is 0.320 e. The number of amides is 1. The first-order valence-corrected chi connectivity index (χ1v) is 5.17. The Morgan fingerprint density at radius 3 is 2.93 bits per heavy atom. The van der Waals surface area contributed by atoms with Gasteiger partial charge in [0.05, 0.1) is 11.7 Å². The maximum Gasteiger partial charge on any atom is 0.245 e. The number of anilines is 1. The van der Waals surface area contributed by atoms with Crippen LogP contribution in [0.5, 0.6) is 0 Å². The van der Waals surface area contributed by atoms with Crippen LogP contribution in [0.3, 0.4) is 0 Å². The Morgan fingerprint density at radius 1 is 1.60 bits per heavy atom. The van der Waals surface area contributed by atoms with E-state index in [0.29, 0.717) is 0 Å². The molecule has 1 saturated heterocycles. The van der Waals surface area contributed by atoms with E-state index in [4.69, 9.17) is 5.73 Å². The normalized spacial score (nSPS) is 22.2. The van der Waals surface area contributed by atoms with E-state index in [1.54, 1.807) is 9.58 Å². The Hall–Kier alpha value is -1.36. The predicted octanol–water partition coefficient (Wildman–Crippen LogP) is 0.183. The van der Waals surface area contributed by atoms with Gasteiger partial charge >= 0.3 is 0 Å². The SMILES string of the molecule is Cc1cc(N2CCCC(N)C2=O)n(C)n1. The first-order valence-electron chi connectivity index (χ1n) is 5.17. The first kappa shape index (κ1) is 10.2. The summed E-state index contributed by atoms with van der Waals surface area (Å²) in [5.41, 5.74) is 6.66. The predicted molar refractivity (Wildman–Crippen MR) is 57.5 cm³/mol. The molecule has 0 bridgehead atoms. The van der Waals surface area contributed by atoms with Crippen LogP contribution in [0, 0.1) is 6.92 Å². The number of aryl methyl sites for hydroxylation is 2. The Kier molecular flexibility index (Phi) is 2.48. The van der Waals surface area contributed by atoms with Crippen LogP contribution in [0.25, 0.3) is 0 Å². The summed E-state index contributed by atoms with van der Waals surface area (Å²) in [6.07, 6.45) is 1.74. The third-order valence-electron chi connectivity index (χ3n) is 2.73. The lowest BCUT2D eigenvalue weighted by Crippen LogP contribution is -2.49. The molecule has 1 fully saturated rings. The van der Waals surface area contributed by atoms with Crippen LogP contribution in [0.2, 0.25) is 0 Å². The second kappa shape index (κ2) is 3.66. The fraction of sp³-hybridized carbons (Fsp3) is 0.600. The van der Waals surface area contributed by atoms with Crippen molar-refractivity contribution in [2.24, 2.45) is 12.8 Å². The van der Waals surface area contributed by atoms with E-state index in [2.05, 4.69) is 5.10 Å².